The first-order valence-electron chi connectivity index (χ1n) is 12.6. The molecule has 0 saturated heterocycles. The topological polar surface area (TPSA) is 104 Å². The molecule has 10 heteroatoms. The van der Waals surface area contributed by atoms with Crippen LogP contribution >= 0.6 is 0 Å². The van der Waals surface area contributed by atoms with E-state index in [9.17, 15) is 18.0 Å². The van der Waals surface area contributed by atoms with Gasteiger partial charge >= 0.3 is 5.97 Å². The van der Waals surface area contributed by atoms with E-state index in [-0.39, 0.29) is 16.2 Å². The molecule has 9 nitrogen and oxygen atoms in total. The van der Waals surface area contributed by atoms with Crippen LogP contribution in [0, 0.1) is 13.8 Å². The van der Waals surface area contributed by atoms with E-state index in [0.29, 0.717) is 41.7 Å². The van der Waals surface area contributed by atoms with Gasteiger partial charge in [0.2, 0.25) is 5.78 Å². The zero-order valence-corrected chi connectivity index (χ0v) is 23.1. The Hall–Kier alpha value is -4.57. The fraction of sp³-hybridized carbons (Fsp3) is 0.200. The molecular formula is C30H28N2O7S. The van der Waals surface area contributed by atoms with Gasteiger partial charge in [-0.1, -0.05) is 18.2 Å². The number of benzene rings is 3. The zero-order chi connectivity index (χ0) is 28.4. The number of hydrogen-bond donors (Lipinski definition) is 0. The van der Waals surface area contributed by atoms with Gasteiger partial charge in [-0.3, -0.25) is 9.10 Å². The predicted molar refractivity (Wildman–Crippen MR) is 149 cm³/mol. The van der Waals surface area contributed by atoms with E-state index >= 15 is 0 Å². The number of ether oxygens (including phenoxy) is 3. The minimum Gasteiger partial charge on any atom is -0.486 e. The molecule has 1 aliphatic heterocycles. The molecule has 0 bridgehead atoms. The minimum absolute atomic E-state index is 0.0260. The summed E-state index contributed by atoms with van der Waals surface area (Å²) in [6.45, 7) is 4.22. The van der Waals surface area contributed by atoms with Crippen LogP contribution in [-0.4, -0.2) is 51.6 Å². The third-order valence-corrected chi connectivity index (χ3v) is 8.52. The van der Waals surface area contributed by atoms with Crippen molar-refractivity contribution in [2.45, 2.75) is 18.7 Å². The molecule has 5 rings (SSSR count). The molecule has 3 aromatic carbocycles. The summed E-state index contributed by atoms with van der Waals surface area (Å²) in [5.74, 6) is 0.237. The second kappa shape index (κ2) is 10.9. The number of hydrogen-bond acceptors (Lipinski definition) is 7. The number of aryl methyl sites for hydroxylation is 1. The van der Waals surface area contributed by atoms with Crippen LogP contribution in [0.1, 0.15) is 32.1 Å². The molecule has 0 N–H and O–H groups in total. The molecule has 1 aliphatic rings. The molecule has 1 aromatic heterocycles. The van der Waals surface area contributed by atoms with Crippen LogP contribution in [0.2, 0.25) is 0 Å². The summed E-state index contributed by atoms with van der Waals surface area (Å²) in [6, 6.07) is 21.4. The number of carbonyl (C=O) groups excluding carboxylic acids is 2. The van der Waals surface area contributed by atoms with Gasteiger partial charge in [-0.15, -0.1) is 0 Å². The quantitative estimate of drug-likeness (QED) is 0.227. The number of rotatable bonds is 8. The number of nitrogens with zero attached hydrogens (tertiary/aromatic N) is 2. The Kier molecular flexibility index (Phi) is 7.36. The van der Waals surface area contributed by atoms with Crippen LogP contribution < -0.4 is 13.8 Å². The number of sulfonamides is 1. The van der Waals surface area contributed by atoms with E-state index in [1.165, 1.54) is 35.6 Å². The molecule has 0 amide bonds. The Balaban J connectivity index is 1.26. The average Bonchev–Trinajstić information content (AvgIpc) is 3.28. The van der Waals surface area contributed by atoms with Gasteiger partial charge < -0.3 is 18.8 Å². The Bertz CT molecular complexity index is 1680. The molecular weight excluding hydrogens is 532 g/mol. The highest BCUT2D eigenvalue weighted by Gasteiger charge is 2.23. The van der Waals surface area contributed by atoms with E-state index in [2.05, 4.69) is 0 Å². The number of aromatic nitrogens is 1. The monoisotopic (exact) mass is 560 g/mol. The van der Waals surface area contributed by atoms with Crippen molar-refractivity contribution < 1.29 is 32.2 Å². The van der Waals surface area contributed by atoms with Gasteiger partial charge in [0.05, 0.1) is 16.1 Å². The zero-order valence-electron chi connectivity index (χ0n) is 22.3. The summed E-state index contributed by atoms with van der Waals surface area (Å²) in [6.07, 6.45) is 0. The van der Waals surface area contributed by atoms with Gasteiger partial charge in [0.15, 0.2) is 18.1 Å². The molecule has 2 heterocycles. The number of fused-ring (bicyclic) bond motifs is 1. The maximum absolute atomic E-state index is 13.0. The molecule has 0 saturated carbocycles. The number of carbonyl (C=O) groups is 2. The van der Waals surface area contributed by atoms with Crippen LogP contribution in [0.5, 0.6) is 11.5 Å². The molecule has 0 spiro atoms. The van der Waals surface area contributed by atoms with Crippen LogP contribution in [0.4, 0.5) is 5.69 Å². The lowest BCUT2D eigenvalue weighted by Crippen LogP contribution is -2.26. The first-order valence-corrected chi connectivity index (χ1v) is 14.0. The Morgan fingerprint density at radius 3 is 2.27 bits per heavy atom. The number of ketones is 1. The van der Waals surface area contributed by atoms with Crippen molar-refractivity contribution in [3.63, 3.8) is 0 Å². The Morgan fingerprint density at radius 1 is 0.900 bits per heavy atom. The highest BCUT2D eigenvalue weighted by atomic mass is 32.2. The van der Waals surface area contributed by atoms with E-state index in [4.69, 9.17) is 14.2 Å². The first kappa shape index (κ1) is 27.0. The highest BCUT2D eigenvalue weighted by molar-refractivity contribution is 7.92. The summed E-state index contributed by atoms with van der Waals surface area (Å²) < 4.78 is 45.6. The third-order valence-electron chi connectivity index (χ3n) is 6.72. The average molecular weight is 561 g/mol. The summed E-state index contributed by atoms with van der Waals surface area (Å²) >= 11 is 0. The van der Waals surface area contributed by atoms with Crippen molar-refractivity contribution in [3.05, 3.63) is 101 Å². The summed E-state index contributed by atoms with van der Waals surface area (Å²) in [5, 5.41) is 0. The van der Waals surface area contributed by atoms with Crippen LogP contribution in [0.15, 0.2) is 83.8 Å². The lowest BCUT2D eigenvalue weighted by Gasteiger charge is -2.20. The fourth-order valence-corrected chi connectivity index (χ4v) is 5.80. The third kappa shape index (κ3) is 5.17. The Morgan fingerprint density at radius 2 is 1.57 bits per heavy atom. The maximum atomic E-state index is 13.0. The lowest BCUT2D eigenvalue weighted by atomic mass is 10.1. The van der Waals surface area contributed by atoms with Gasteiger partial charge in [0.25, 0.3) is 10.0 Å². The molecule has 40 heavy (non-hydrogen) atoms. The smallest absolute Gasteiger partial charge is 0.338 e. The normalized spacial score (nSPS) is 12.6. The van der Waals surface area contributed by atoms with Crippen molar-refractivity contribution in [1.29, 1.82) is 0 Å². The van der Waals surface area contributed by atoms with Gasteiger partial charge in [0, 0.05) is 35.8 Å². The van der Waals surface area contributed by atoms with E-state index in [1.807, 2.05) is 36.6 Å². The Labute approximate surface area is 232 Å². The van der Waals surface area contributed by atoms with E-state index in [1.54, 1.807) is 36.4 Å². The molecule has 0 aliphatic carbocycles. The standard InChI is InChI=1S/C30H28N2O7S/c1-20-17-26(21(2)32(20)24-11-14-28-29(18-24)38-16-15-37-28)27(33)19-39-30(34)22-9-12-25(13-10-22)40(35,36)31(3)23-7-5-4-6-8-23/h4-14,17-18H,15-16,19H2,1-3H3. The van der Waals surface area contributed by atoms with E-state index < -0.39 is 22.6 Å². The number of anilines is 1. The molecule has 0 unspecified atom stereocenters. The number of para-hydroxylation sites is 1. The minimum atomic E-state index is -3.82. The molecule has 4 aromatic rings. The van der Waals surface area contributed by atoms with Crippen molar-refractivity contribution in [2.75, 3.05) is 31.2 Å². The van der Waals surface area contributed by atoms with Crippen molar-refractivity contribution in [3.8, 4) is 17.2 Å². The van der Waals surface area contributed by atoms with Gasteiger partial charge in [-0.25, -0.2) is 13.2 Å². The number of esters is 1. The summed E-state index contributed by atoms with van der Waals surface area (Å²) in [4.78, 5) is 25.7. The SMILES string of the molecule is Cc1cc(C(=O)COC(=O)c2ccc(S(=O)(=O)N(C)c3ccccc3)cc2)c(C)n1-c1ccc2c(c1)OCCO2. The van der Waals surface area contributed by atoms with Crippen molar-refractivity contribution in [1.82, 2.24) is 4.57 Å². The molecule has 0 atom stereocenters. The second-order valence-electron chi connectivity index (χ2n) is 9.28. The molecule has 206 valence electrons. The maximum Gasteiger partial charge on any atom is 0.338 e. The summed E-state index contributed by atoms with van der Waals surface area (Å²) in [5.41, 5.74) is 3.44. The first-order chi connectivity index (χ1) is 19.2. The van der Waals surface area contributed by atoms with Gasteiger partial charge in [-0.2, -0.15) is 0 Å². The van der Waals surface area contributed by atoms with Crippen LogP contribution in [0.25, 0.3) is 5.69 Å². The second-order valence-corrected chi connectivity index (χ2v) is 11.2. The van der Waals surface area contributed by atoms with Crippen LogP contribution in [0.3, 0.4) is 0 Å². The largest absolute Gasteiger partial charge is 0.486 e. The fourth-order valence-electron chi connectivity index (χ4n) is 4.60. The number of Topliss-reactive ketones (excluding diaryl/α,β-unsaturated/α-hetero) is 1. The highest BCUT2D eigenvalue weighted by Crippen LogP contribution is 2.33. The van der Waals surface area contributed by atoms with Crippen LogP contribution in [-0.2, 0) is 14.8 Å². The molecule has 0 radical (unpaired) electrons. The van der Waals surface area contributed by atoms with Gasteiger partial charge in [-0.05, 0) is 68.4 Å². The predicted octanol–water partition coefficient (Wildman–Crippen LogP) is 4.73. The lowest BCUT2D eigenvalue weighted by molar-refractivity contribution is 0.0474. The summed E-state index contributed by atoms with van der Waals surface area (Å²) in [7, 11) is -2.36. The van der Waals surface area contributed by atoms with Crippen molar-refractivity contribution in [2.24, 2.45) is 0 Å². The van der Waals surface area contributed by atoms with E-state index in [0.717, 1.165) is 11.4 Å². The van der Waals surface area contributed by atoms with Gasteiger partial charge in [0.1, 0.15) is 13.2 Å². The molecule has 0 fully saturated rings. The van der Waals surface area contributed by atoms with Crippen molar-refractivity contribution >= 4 is 27.5 Å².